The molecule has 3 rings (SSSR count). The second kappa shape index (κ2) is 7.20. The van der Waals surface area contributed by atoms with Gasteiger partial charge >= 0.3 is 0 Å². The smallest absolute Gasteiger partial charge is 0.255 e. The van der Waals surface area contributed by atoms with Crippen LogP contribution in [0.25, 0.3) is 0 Å². The number of hydrogen-bond acceptors (Lipinski definition) is 4. The highest BCUT2D eigenvalue weighted by molar-refractivity contribution is 14.1. The second-order valence-electron chi connectivity index (χ2n) is 5.44. The first-order valence-corrected chi connectivity index (χ1v) is 8.50. The Morgan fingerprint density at radius 1 is 1.30 bits per heavy atom. The molecular formula is C16H16FIN4O. The van der Waals surface area contributed by atoms with Crippen LogP contribution in [0.5, 0.6) is 0 Å². The van der Waals surface area contributed by atoms with Crippen molar-refractivity contribution in [2.75, 3.05) is 18.4 Å². The lowest BCUT2D eigenvalue weighted by atomic mass is 10.0. The van der Waals surface area contributed by atoms with Crippen LogP contribution in [0, 0.1) is 9.39 Å². The number of rotatable bonds is 3. The molecule has 0 radical (unpaired) electrons. The van der Waals surface area contributed by atoms with E-state index >= 15 is 0 Å². The van der Waals surface area contributed by atoms with Gasteiger partial charge in [0.1, 0.15) is 11.6 Å². The molecule has 23 heavy (non-hydrogen) atoms. The number of carbonyl (C=O) groups excluding carboxylic acids is 1. The number of nitrogens with one attached hydrogen (secondary N) is 1. The number of hydrogen-bond donors (Lipinski definition) is 1. The van der Waals surface area contributed by atoms with Crippen LogP contribution in [0.4, 0.5) is 10.2 Å². The van der Waals surface area contributed by atoms with E-state index in [0.717, 1.165) is 22.2 Å². The van der Waals surface area contributed by atoms with E-state index in [1.807, 2.05) is 12.1 Å². The third-order valence-electron chi connectivity index (χ3n) is 3.87. The van der Waals surface area contributed by atoms with Crippen molar-refractivity contribution >= 4 is 34.3 Å². The molecule has 0 atom stereocenters. The topological polar surface area (TPSA) is 58.1 Å². The fraction of sp³-hybridized carbons (Fsp3) is 0.312. The van der Waals surface area contributed by atoms with Crippen LogP contribution in [-0.4, -0.2) is 40.1 Å². The van der Waals surface area contributed by atoms with Gasteiger partial charge in [-0.05, 0) is 65.8 Å². The fourth-order valence-electron chi connectivity index (χ4n) is 2.65. The summed E-state index contributed by atoms with van der Waals surface area (Å²) in [4.78, 5) is 14.3. The minimum Gasteiger partial charge on any atom is -0.366 e. The van der Waals surface area contributed by atoms with E-state index in [-0.39, 0.29) is 17.8 Å². The Kier molecular flexibility index (Phi) is 5.04. The summed E-state index contributed by atoms with van der Waals surface area (Å²) in [5, 5.41) is 11.2. The average molecular weight is 426 g/mol. The van der Waals surface area contributed by atoms with Gasteiger partial charge < -0.3 is 10.2 Å². The average Bonchev–Trinajstić information content (AvgIpc) is 2.58. The molecule has 0 unspecified atom stereocenters. The lowest BCUT2D eigenvalue weighted by Gasteiger charge is -2.32. The van der Waals surface area contributed by atoms with E-state index in [2.05, 4.69) is 38.1 Å². The van der Waals surface area contributed by atoms with Crippen LogP contribution in [0.2, 0.25) is 0 Å². The Labute approximate surface area is 147 Å². The molecule has 2 aromatic rings. The zero-order valence-electron chi connectivity index (χ0n) is 12.4. The highest BCUT2D eigenvalue weighted by Gasteiger charge is 2.25. The third-order valence-corrected chi connectivity index (χ3v) is 4.81. The molecule has 1 aromatic heterocycles. The van der Waals surface area contributed by atoms with Gasteiger partial charge in [0.05, 0.1) is 5.56 Å². The second-order valence-corrected chi connectivity index (χ2v) is 6.61. The van der Waals surface area contributed by atoms with Crippen LogP contribution < -0.4 is 5.32 Å². The minimum atomic E-state index is -0.382. The molecule has 1 N–H and O–H groups in total. The number of piperidine rings is 1. The summed E-state index contributed by atoms with van der Waals surface area (Å²) in [5.74, 6) is 0.261. The quantitative estimate of drug-likeness (QED) is 0.768. The fourth-order valence-corrected chi connectivity index (χ4v) is 3.21. The van der Waals surface area contributed by atoms with Crippen LogP contribution in [0.15, 0.2) is 36.5 Å². The number of carbonyl (C=O) groups is 1. The zero-order valence-corrected chi connectivity index (χ0v) is 14.5. The zero-order chi connectivity index (χ0) is 16.2. The van der Waals surface area contributed by atoms with Crippen molar-refractivity contribution in [1.82, 2.24) is 15.1 Å². The highest BCUT2D eigenvalue weighted by Crippen LogP contribution is 2.20. The first kappa shape index (κ1) is 16.1. The molecule has 1 aliphatic heterocycles. The van der Waals surface area contributed by atoms with E-state index in [4.69, 9.17) is 0 Å². The van der Waals surface area contributed by atoms with Crippen molar-refractivity contribution in [2.45, 2.75) is 18.9 Å². The van der Waals surface area contributed by atoms with Gasteiger partial charge in [0.15, 0.2) is 0 Å². The predicted octanol–water partition coefficient (Wildman–Crippen LogP) is 2.94. The summed E-state index contributed by atoms with van der Waals surface area (Å²) in [6.45, 7) is 1.28. The standard InChI is InChI=1S/C16H16FIN4O/c17-11-3-4-14(18)13(10-11)16(23)22-8-5-12(6-9-22)20-15-2-1-7-19-21-15/h1-4,7,10,12H,5-6,8-9H2,(H,20,21). The molecule has 120 valence electrons. The van der Waals surface area contributed by atoms with Crippen LogP contribution in [-0.2, 0) is 0 Å². The van der Waals surface area contributed by atoms with Crippen molar-refractivity contribution in [2.24, 2.45) is 0 Å². The number of likely N-dealkylation sites (tertiary alicyclic amines) is 1. The normalized spacial score (nSPS) is 15.5. The Hall–Kier alpha value is -1.77. The van der Waals surface area contributed by atoms with Gasteiger partial charge in [-0.3, -0.25) is 4.79 Å². The van der Waals surface area contributed by atoms with Crippen molar-refractivity contribution < 1.29 is 9.18 Å². The van der Waals surface area contributed by atoms with Crippen molar-refractivity contribution in [3.8, 4) is 0 Å². The summed E-state index contributed by atoms with van der Waals surface area (Å²) >= 11 is 2.07. The van der Waals surface area contributed by atoms with Gasteiger partial charge in [0.25, 0.3) is 5.91 Å². The number of amides is 1. The summed E-state index contributed by atoms with van der Waals surface area (Å²) in [6.07, 6.45) is 3.29. The highest BCUT2D eigenvalue weighted by atomic mass is 127. The molecule has 5 nitrogen and oxygen atoms in total. The summed E-state index contributed by atoms with van der Waals surface area (Å²) < 4.78 is 14.2. The Bertz CT molecular complexity index is 690. The molecule has 1 aromatic carbocycles. The van der Waals surface area contributed by atoms with E-state index in [1.54, 1.807) is 17.2 Å². The van der Waals surface area contributed by atoms with Gasteiger partial charge in [0, 0.05) is 28.9 Å². The SMILES string of the molecule is O=C(c1cc(F)ccc1I)N1CCC(Nc2cccnn2)CC1. The summed E-state index contributed by atoms with van der Waals surface area (Å²) in [5.41, 5.74) is 0.436. The molecule has 1 amide bonds. The molecule has 0 spiro atoms. The molecular weight excluding hydrogens is 410 g/mol. The van der Waals surface area contributed by atoms with E-state index in [0.29, 0.717) is 18.7 Å². The number of nitrogens with zero attached hydrogens (tertiary/aromatic N) is 3. The Balaban J connectivity index is 1.60. The predicted molar refractivity (Wildman–Crippen MR) is 93.7 cm³/mol. The monoisotopic (exact) mass is 426 g/mol. The molecule has 0 bridgehead atoms. The Morgan fingerprint density at radius 2 is 2.09 bits per heavy atom. The maximum absolute atomic E-state index is 13.4. The van der Waals surface area contributed by atoms with Crippen LogP contribution >= 0.6 is 22.6 Å². The van der Waals surface area contributed by atoms with Gasteiger partial charge in [0.2, 0.25) is 0 Å². The van der Waals surface area contributed by atoms with E-state index in [1.165, 1.54) is 12.1 Å². The van der Waals surface area contributed by atoms with Gasteiger partial charge in [-0.2, -0.15) is 5.10 Å². The largest absolute Gasteiger partial charge is 0.366 e. The first-order chi connectivity index (χ1) is 11.1. The van der Waals surface area contributed by atoms with Gasteiger partial charge in [-0.15, -0.1) is 5.10 Å². The number of halogens is 2. The lowest BCUT2D eigenvalue weighted by Crippen LogP contribution is -2.42. The molecule has 1 saturated heterocycles. The van der Waals surface area contributed by atoms with Crippen LogP contribution in [0.3, 0.4) is 0 Å². The molecule has 7 heteroatoms. The van der Waals surface area contributed by atoms with Crippen molar-refractivity contribution in [3.05, 3.63) is 51.5 Å². The van der Waals surface area contributed by atoms with Crippen LogP contribution in [0.1, 0.15) is 23.2 Å². The summed E-state index contributed by atoms with van der Waals surface area (Å²) in [6, 6.07) is 8.29. The summed E-state index contributed by atoms with van der Waals surface area (Å²) in [7, 11) is 0. The molecule has 1 fully saturated rings. The number of anilines is 1. The number of aromatic nitrogens is 2. The van der Waals surface area contributed by atoms with E-state index in [9.17, 15) is 9.18 Å². The van der Waals surface area contributed by atoms with Crippen molar-refractivity contribution in [1.29, 1.82) is 0 Å². The maximum Gasteiger partial charge on any atom is 0.255 e. The molecule has 1 aliphatic rings. The maximum atomic E-state index is 13.4. The first-order valence-electron chi connectivity index (χ1n) is 7.42. The van der Waals surface area contributed by atoms with Gasteiger partial charge in [-0.1, -0.05) is 0 Å². The molecule has 0 saturated carbocycles. The molecule has 2 heterocycles. The van der Waals surface area contributed by atoms with Gasteiger partial charge in [-0.25, -0.2) is 4.39 Å². The molecule has 0 aliphatic carbocycles. The van der Waals surface area contributed by atoms with Crippen molar-refractivity contribution in [3.63, 3.8) is 0 Å². The Morgan fingerprint density at radius 3 is 2.78 bits per heavy atom. The minimum absolute atomic E-state index is 0.105. The lowest BCUT2D eigenvalue weighted by molar-refractivity contribution is 0.0717. The van der Waals surface area contributed by atoms with E-state index < -0.39 is 0 Å². The number of benzene rings is 1. The third kappa shape index (κ3) is 3.95.